The Morgan fingerprint density at radius 3 is 2.33 bits per heavy atom. The van der Waals surface area contributed by atoms with Crippen molar-refractivity contribution in [1.29, 1.82) is 0 Å². The number of aliphatic imine (C=N–C) groups is 1. The number of hydrogen-bond acceptors (Lipinski definition) is 4. The zero-order valence-corrected chi connectivity index (χ0v) is 20.0. The van der Waals surface area contributed by atoms with Gasteiger partial charge in [0, 0.05) is 52.4 Å². The fourth-order valence-corrected chi connectivity index (χ4v) is 2.63. The van der Waals surface area contributed by atoms with E-state index in [1.54, 1.807) is 21.3 Å². The van der Waals surface area contributed by atoms with E-state index >= 15 is 0 Å². The third-order valence-corrected chi connectivity index (χ3v) is 4.47. The van der Waals surface area contributed by atoms with Gasteiger partial charge in [0.15, 0.2) is 5.96 Å². The lowest BCUT2D eigenvalue weighted by atomic mass is 9.84. The van der Waals surface area contributed by atoms with Crippen LogP contribution >= 0.6 is 24.0 Å². The Bertz CT molecular complexity index is 535. The molecule has 27 heavy (non-hydrogen) atoms. The average Bonchev–Trinajstić information content (AvgIpc) is 2.64. The lowest BCUT2D eigenvalue weighted by Crippen LogP contribution is -2.45. The smallest absolute Gasteiger partial charge is 0.191 e. The van der Waals surface area contributed by atoms with Gasteiger partial charge in [0.2, 0.25) is 0 Å². The highest BCUT2D eigenvalue weighted by molar-refractivity contribution is 14.0. The number of methoxy groups -OCH3 is 2. The lowest BCUT2D eigenvalue weighted by molar-refractivity contribution is 0.180. The first-order chi connectivity index (χ1) is 12.4. The van der Waals surface area contributed by atoms with Crippen LogP contribution in [0.5, 0.6) is 5.75 Å². The molecule has 0 aliphatic heterocycles. The highest BCUT2D eigenvalue weighted by Gasteiger charge is 2.21. The molecule has 0 amide bonds. The van der Waals surface area contributed by atoms with E-state index in [0.717, 1.165) is 50.9 Å². The van der Waals surface area contributed by atoms with Crippen molar-refractivity contribution in [1.82, 2.24) is 15.5 Å². The zero-order valence-electron chi connectivity index (χ0n) is 17.7. The van der Waals surface area contributed by atoms with Gasteiger partial charge in [-0.2, -0.15) is 0 Å². The summed E-state index contributed by atoms with van der Waals surface area (Å²) in [6, 6.07) is 8.24. The summed E-state index contributed by atoms with van der Waals surface area (Å²) in [5.41, 5.74) is 1.25. The van der Waals surface area contributed by atoms with Gasteiger partial charge in [-0.05, 0) is 31.2 Å². The first-order valence-electron chi connectivity index (χ1n) is 9.19. The summed E-state index contributed by atoms with van der Waals surface area (Å²) in [4.78, 5) is 6.61. The number of rotatable bonds is 11. The summed E-state index contributed by atoms with van der Waals surface area (Å²) in [5.74, 6) is 1.71. The van der Waals surface area contributed by atoms with Crippen LogP contribution < -0.4 is 15.4 Å². The number of hydrogen-bond donors (Lipinski definition) is 2. The molecule has 0 saturated heterocycles. The van der Waals surface area contributed by atoms with E-state index < -0.39 is 0 Å². The van der Waals surface area contributed by atoms with E-state index in [9.17, 15) is 0 Å². The molecule has 156 valence electrons. The van der Waals surface area contributed by atoms with Crippen LogP contribution in [0.4, 0.5) is 0 Å². The molecule has 1 aromatic rings. The maximum absolute atomic E-state index is 5.24. The molecular weight excluding hydrogens is 455 g/mol. The highest BCUT2D eigenvalue weighted by Crippen LogP contribution is 2.24. The van der Waals surface area contributed by atoms with Crippen LogP contribution in [-0.2, 0) is 10.2 Å². The van der Waals surface area contributed by atoms with Crippen molar-refractivity contribution >= 4 is 29.9 Å². The van der Waals surface area contributed by atoms with E-state index in [1.807, 2.05) is 12.1 Å². The fraction of sp³-hybridized carbons (Fsp3) is 0.650. The van der Waals surface area contributed by atoms with E-state index in [1.165, 1.54) is 5.56 Å². The third kappa shape index (κ3) is 10.2. The molecule has 0 fully saturated rings. The second-order valence-electron chi connectivity index (χ2n) is 7.11. The molecule has 0 heterocycles. The number of likely N-dealkylation sites (N-methyl/N-ethyl adjacent to an activating group) is 1. The predicted molar refractivity (Wildman–Crippen MR) is 125 cm³/mol. The predicted octanol–water partition coefficient (Wildman–Crippen LogP) is 2.72. The van der Waals surface area contributed by atoms with Crippen molar-refractivity contribution in [2.45, 2.75) is 25.7 Å². The van der Waals surface area contributed by atoms with E-state index in [0.29, 0.717) is 0 Å². The average molecular weight is 492 g/mol. The fourth-order valence-electron chi connectivity index (χ4n) is 2.63. The Kier molecular flexibility index (Phi) is 13.5. The number of ether oxygens (including phenoxy) is 2. The van der Waals surface area contributed by atoms with Gasteiger partial charge in [0.1, 0.15) is 5.75 Å². The SMILES string of the molecule is CN=C(NCCN(C)CCCOC)NCC(C)(C)c1ccc(OC)cc1.I. The van der Waals surface area contributed by atoms with Gasteiger partial charge in [-0.3, -0.25) is 4.99 Å². The second-order valence-corrected chi connectivity index (χ2v) is 7.11. The van der Waals surface area contributed by atoms with Gasteiger partial charge in [0.25, 0.3) is 0 Å². The summed E-state index contributed by atoms with van der Waals surface area (Å²) >= 11 is 0. The molecule has 0 aliphatic carbocycles. The Hall–Kier alpha value is -1.06. The van der Waals surface area contributed by atoms with Gasteiger partial charge in [-0.1, -0.05) is 26.0 Å². The Balaban J connectivity index is 0.00000676. The Morgan fingerprint density at radius 1 is 1.11 bits per heavy atom. The molecule has 2 N–H and O–H groups in total. The minimum Gasteiger partial charge on any atom is -0.497 e. The second kappa shape index (κ2) is 14.0. The van der Waals surface area contributed by atoms with Gasteiger partial charge < -0.3 is 25.0 Å². The lowest BCUT2D eigenvalue weighted by Gasteiger charge is -2.27. The standard InChI is InChI=1S/C20H36N4O2.HI/c1-20(2,17-8-10-18(26-6)11-9-17)16-23-19(21-3)22-12-14-24(4)13-7-15-25-5;/h8-11H,7,12-16H2,1-6H3,(H2,21,22,23);1H. The number of nitrogens with zero attached hydrogens (tertiary/aromatic N) is 2. The third-order valence-electron chi connectivity index (χ3n) is 4.47. The molecule has 0 atom stereocenters. The van der Waals surface area contributed by atoms with Crippen LogP contribution in [0.25, 0.3) is 0 Å². The monoisotopic (exact) mass is 492 g/mol. The largest absolute Gasteiger partial charge is 0.497 e. The molecule has 0 saturated carbocycles. The summed E-state index contributed by atoms with van der Waals surface area (Å²) in [5, 5.41) is 6.81. The minimum absolute atomic E-state index is 0. The molecular formula is C20H37IN4O2. The number of nitrogens with one attached hydrogen (secondary N) is 2. The normalized spacial score (nSPS) is 11.9. The van der Waals surface area contributed by atoms with Crippen LogP contribution in [0, 0.1) is 0 Å². The molecule has 0 radical (unpaired) electrons. The van der Waals surface area contributed by atoms with Crippen LogP contribution in [0.15, 0.2) is 29.3 Å². The van der Waals surface area contributed by atoms with Crippen molar-refractivity contribution < 1.29 is 9.47 Å². The maximum atomic E-state index is 5.24. The molecule has 0 aromatic heterocycles. The molecule has 0 spiro atoms. The van der Waals surface area contributed by atoms with Gasteiger partial charge in [-0.25, -0.2) is 0 Å². The molecule has 6 nitrogen and oxygen atoms in total. The van der Waals surface area contributed by atoms with E-state index in [-0.39, 0.29) is 29.4 Å². The molecule has 0 unspecified atom stereocenters. The topological polar surface area (TPSA) is 58.1 Å². The van der Waals surface area contributed by atoms with Crippen LogP contribution in [0.3, 0.4) is 0 Å². The highest BCUT2D eigenvalue weighted by atomic mass is 127. The van der Waals surface area contributed by atoms with Crippen molar-refractivity contribution in [2.24, 2.45) is 4.99 Å². The Labute approximate surface area is 182 Å². The van der Waals surface area contributed by atoms with Crippen molar-refractivity contribution in [3.8, 4) is 5.75 Å². The van der Waals surface area contributed by atoms with Crippen LogP contribution in [0.2, 0.25) is 0 Å². The molecule has 0 bridgehead atoms. The molecule has 0 aliphatic rings. The van der Waals surface area contributed by atoms with Gasteiger partial charge in [0.05, 0.1) is 7.11 Å². The first-order valence-corrected chi connectivity index (χ1v) is 9.19. The Morgan fingerprint density at radius 2 is 1.78 bits per heavy atom. The van der Waals surface area contributed by atoms with Crippen molar-refractivity contribution in [2.75, 3.05) is 61.1 Å². The van der Waals surface area contributed by atoms with Crippen LogP contribution in [0.1, 0.15) is 25.8 Å². The number of benzene rings is 1. The number of halogens is 1. The number of guanidine groups is 1. The molecule has 1 rings (SSSR count). The maximum Gasteiger partial charge on any atom is 0.191 e. The zero-order chi connectivity index (χ0) is 19.4. The van der Waals surface area contributed by atoms with Gasteiger partial charge >= 0.3 is 0 Å². The minimum atomic E-state index is -0.0131. The molecule has 7 heteroatoms. The van der Waals surface area contributed by atoms with Crippen LogP contribution in [-0.4, -0.2) is 72.0 Å². The summed E-state index contributed by atoms with van der Waals surface area (Å²) in [6.07, 6.45) is 1.05. The van der Waals surface area contributed by atoms with Crippen molar-refractivity contribution in [3.05, 3.63) is 29.8 Å². The quantitative estimate of drug-likeness (QED) is 0.215. The summed E-state index contributed by atoms with van der Waals surface area (Å²) in [7, 11) is 7.36. The van der Waals surface area contributed by atoms with E-state index in [4.69, 9.17) is 9.47 Å². The van der Waals surface area contributed by atoms with Crippen molar-refractivity contribution in [3.63, 3.8) is 0 Å². The first kappa shape index (κ1) is 25.9. The summed E-state index contributed by atoms with van der Waals surface area (Å²) in [6.45, 7) is 8.89. The van der Waals surface area contributed by atoms with E-state index in [2.05, 4.69) is 53.6 Å². The molecule has 1 aromatic carbocycles. The van der Waals surface area contributed by atoms with Gasteiger partial charge in [-0.15, -0.1) is 24.0 Å². The summed E-state index contributed by atoms with van der Waals surface area (Å²) < 4.78 is 10.3.